The Bertz CT molecular complexity index is 555. The van der Waals surface area contributed by atoms with Crippen molar-refractivity contribution in [2.45, 2.75) is 52.0 Å². The lowest BCUT2D eigenvalue weighted by atomic mass is 10.2. The second-order valence-electron chi connectivity index (χ2n) is 4.33. The zero-order chi connectivity index (χ0) is 13.9. The quantitative estimate of drug-likeness (QED) is 0.619. The van der Waals surface area contributed by atoms with Crippen LogP contribution in [0.2, 0.25) is 0 Å². The van der Waals surface area contributed by atoms with Crippen LogP contribution in [0.15, 0.2) is 16.5 Å². The first kappa shape index (κ1) is 15.2. The van der Waals surface area contributed by atoms with Crippen molar-refractivity contribution in [3.63, 3.8) is 0 Å². The third kappa shape index (κ3) is 3.36. The maximum atomic E-state index is 11.6. The number of hydrogen-bond acceptors (Lipinski definition) is 3. The largest absolute Gasteiger partial charge is 0.264 e. The van der Waals surface area contributed by atoms with E-state index in [0.717, 1.165) is 0 Å². The molecular formula is C12H19ClN2O2S. The first-order chi connectivity index (χ1) is 8.31. The Hall–Kier alpha value is -0.810. The normalized spacial score (nSPS) is 11.6. The molecule has 0 aromatic carbocycles. The Kier molecular flexibility index (Phi) is 4.99. The van der Waals surface area contributed by atoms with Crippen molar-refractivity contribution in [1.29, 1.82) is 0 Å². The Labute approximate surface area is 113 Å². The van der Waals surface area contributed by atoms with E-state index in [1.165, 1.54) is 5.57 Å². The molecule has 6 heteroatoms. The summed E-state index contributed by atoms with van der Waals surface area (Å²) in [6, 6.07) is 0. The fourth-order valence-electron chi connectivity index (χ4n) is 1.81. The molecule has 0 N–H and O–H groups in total. The number of halogens is 1. The minimum absolute atomic E-state index is 0.191. The van der Waals surface area contributed by atoms with Gasteiger partial charge in [-0.25, -0.2) is 8.42 Å². The second kappa shape index (κ2) is 5.89. The Morgan fingerprint density at radius 3 is 2.33 bits per heavy atom. The van der Waals surface area contributed by atoms with Crippen molar-refractivity contribution in [2.24, 2.45) is 0 Å². The molecule has 0 saturated heterocycles. The van der Waals surface area contributed by atoms with Gasteiger partial charge in [0.2, 0.25) is 0 Å². The van der Waals surface area contributed by atoms with E-state index in [0.29, 0.717) is 30.8 Å². The third-order valence-electron chi connectivity index (χ3n) is 2.66. The molecule has 1 rings (SSSR count). The van der Waals surface area contributed by atoms with Crippen molar-refractivity contribution in [2.75, 3.05) is 0 Å². The van der Waals surface area contributed by atoms with E-state index in [-0.39, 0.29) is 4.90 Å². The summed E-state index contributed by atoms with van der Waals surface area (Å²) in [6.45, 7) is 8.34. The van der Waals surface area contributed by atoms with E-state index in [1.807, 2.05) is 33.8 Å². The van der Waals surface area contributed by atoms with Crippen molar-refractivity contribution < 1.29 is 8.42 Å². The molecule has 0 aliphatic rings. The van der Waals surface area contributed by atoms with Crippen LogP contribution in [-0.2, 0) is 28.4 Å². The molecule has 18 heavy (non-hydrogen) atoms. The summed E-state index contributed by atoms with van der Waals surface area (Å²) in [4.78, 5) is 0.191. The number of rotatable bonds is 5. The number of allylic oxidation sites excluding steroid dienone is 2. The molecule has 0 aliphatic carbocycles. The lowest BCUT2D eigenvalue weighted by Gasteiger charge is -2.04. The van der Waals surface area contributed by atoms with E-state index < -0.39 is 9.05 Å². The Morgan fingerprint density at radius 2 is 1.94 bits per heavy atom. The van der Waals surface area contributed by atoms with Gasteiger partial charge in [0.05, 0.1) is 17.9 Å². The molecule has 0 amide bonds. The summed E-state index contributed by atoms with van der Waals surface area (Å²) in [6.07, 6.45) is 3.15. The Balaban J connectivity index is 3.38. The van der Waals surface area contributed by atoms with Crippen molar-refractivity contribution in [1.82, 2.24) is 9.78 Å². The average Bonchev–Trinajstić information content (AvgIpc) is 2.63. The maximum Gasteiger partial charge on any atom is 0.264 e. The van der Waals surface area contributed by atoms with E-state index in [2.05, 4.69) is 5.10 Å². The second-order valence-corrected chi connectivity index (χ2v) is 6.83. The highest BCUT2D eigenvalue weighted by atomic mass is 35.7. The van der Waals surface area contributed by atoms with Gasteiger partial charge in [-0.1, -0.05) is 25.5 Å². The standard InChI is InChI=1S/C12H19ClN2O2S/c1-5-10-12(18(13,16)17)11(6-2)15(14-10)8-7-9(3)4/h7H,5-6,8H2,1-4H3. The highest BCUT2D eigenvalue weighted by Crippen LogP contribution is 2.25. The molecule has 102 valence electrons. The summed E-state index contributed by atoms with van der Waals surface area (Å²) in [7, 11) is 1.77. The van der Waals surface area contributed by atoms with Gasteiger partial charge in [-0.15, -0.1) is 0 Å². The van der Waals surface area contributed by atoms with Crippen LogP contribution >= 0.6 is 10.7 Å². The number of nitrogens with zero attached hydrogens (tertiary/aromatic N) is 2. The van der Waals surface area contributed by atoms with E-state index in [9.17, 15) is 8.42 Å². The van der Waals surface area contributed by atoms with Gasteiger partial charge in [-0.05, 0) is 26.7 Å². The molecular weight excluding hydrogens is 272 g/mol. The highest BCUT2D eigenvalue weighted by Gasteiger charge is 2.24. The molecule has 0 saturated carbocycles. The zero-order valence-electron chi connectivity index (χ0n) is 11.2. The SMILES string of the molecule is CCc1nn(CC=C(C)C)c(CC)c1S(=O)(=O)Cl. The van der Waals surface area contributed by atoms with Gasteiger partial charge in [0.15, 0.2) is 0 Å². The topological polar surface area (TPSA) is 52.0 Å². The Morgan fingerprint density at radius 1 is 1.33 bits per heavy atom. The molecule has 0 bridgehead atoms. The minimum atomic E-state index is -3.74. The van der Waals surface area contributed by atoms with Crippen LogP contribution in [0.5, 0.6) is 0 Å². The zero-order valence-corrected chi connectivity index (χ0v) is 12.8. The molecule has 0 spiro atoms. The molecule has 0 unspecified atom stereocenters. The van der Waals surface area contributed by atoms with Gasteiger partial charge in [0, 0.05) is 10.7 Å². The van der Waals surface area contributed by atoms with Crippen LogP contribution < -0.4 is 0 Å². The third-order valence-corrected chi connectivity index (χ3v) is 4.09. The summed E-state index contributed by atoms with van der Waals surface area (Å²) in [5.74, 6) is 0. The first-order valence-corrected chi connectivity index (χ1v) is 8.28. The molecule has 1 aromatic heterocycles. The molecule has 0 fully saturated rings. The van der Waals surface area contributed by atoms with Crippen LogP contribution in [0.25, 0.3) is 0 Å². The lowest BCUT2D eigenvalue weighted by molar-refractivity contribution is 0.606. The van der Waals surface area contributed by atoms with Crippen LogP contribution in [0.1, 0.15) is 39.1 Å². The van der Waals surface area contributed by atoms with E-state index >= 15 is 0 Å². The molecule has 0 radical (unpaired) electrons. The molecule has 1 aromatic rings. The molecule has 0 atom stereocenters. The van der Waals surface area contributed by atoms with Crippen molar-refractivity contribution in [3.8, 4) is 0 Å². The van der Waals surface area contributed by atoms with E-state index in [1.54, 1.807) is 4.68 Å². The maximum absolute atomic E-state index is 11.6. The number of aryl methyl sites for hydroxylation is 1. The van der Waals surface area contributed by atoms with Gasteiger partial charge < -0.3 is 0 Å². The number of aromatic nitrogens is 2. The summed E-state index contributed by atoms with van der Waals surface area (Å²) in [5.41, 5.74) is 2.39. The summed E-state index contributed by atoms with van der Waals surface area (Å²) < 4.78 is 25.0. The monoisotopic (exact) mass is 290 g/mol. The van der Waals surface area contributed by atoms with Crippen LogP contribution in [0.4, 0.5) is 0 Å². The fraction of sp³-hybridized carbons (Fsp3) is 0.583. The predicted octanol–water partition coefficient (Wildman–Crippen LogP) is 2.90. The van der Waals surface area contributed by atoms with Crippen molar-refractivity contribution >= 4 is 19.7 Å². The first-order valence-electron chi connectivity index (χ1n) is 5.97. The minimum Gasteiger partial charge on any atom is -0.264 e. The van der Waals surface area contributed by atoms with Crippen LogP contribution in [0, 0.1) is 0 Å². The average molecular weight is 291 g/mol. The smallest absolute Gasteiger partial charge is 0.264 e. The molecule has 0 aliphatic heterocycles. The van der Waals surface area contributed by atoms with Crippen LogP contribution in [-0.4, -0.2) is 18.2 Å². The summed E-state index contributed by atoms with van der Waals surface area (Å²) in [5, 5.41) is 4.35. The molecule has 1 heterocycles. The van der Waals surface area contributed by atoms with E-state index in [4.69, 9.17) is 10.7 Å². The predicted molar refractivity (Wildman–Crippen MR) is 73.5 cm³/mol. The fourth-order valence-corrected chi connectivity index (χ4v) is 3.34. The number of hydrogen-bond donors (Lipinski definition) is 0. The van der Waals surface area contributed by atoms with Crippen LogP contribution in [0.3, 0.4) is 0 Å². The van der Waals surface area contributed by atoms with Gasteiger partial charge in [-0.2, -0.15) is 5.10 Å². The van der Waals surface area contributed by atoms with Gasteiger partial charge in [0.1, 0.15) is 4.90 Å². The lowest BCUT2D eigenvalue weighted by Crippen LogP contribution is -2.05. The van der Waals surface area contributed by atoms with Gasteiger partial charge in [0.25, 0.3) is 9.05 Å². The molecule has 4 nitrogen and oxygen atoms in total. The highest BCUT2D eigenvalue weighted by molar-refractivity contribution is 8.13. The van der Waals surface area contributed by atoms with Gasteiger partial charge >= 0.3 is 0 Å². The summed E-state index contributed by atoms with van der Waals surface area (Å²) >= 11 is 0. The van der Waals surface area contributed by atoms with Gasteiger partial charge in [-0.3, -0.25) is 4.68 Å². The van der Waals surface area contributed by atoms with Crippen molar-refractivity contribution in [3.05, 3.63) is 23.0 Å².